The molecule has 0 saturated heterocycles. The normalized spacial score (nSPS) is 19.4. The molecule has 0 bridgehead atoms. The zero-order chi connectivity index (χ0) is 24.8. The van der Waals surface area contributed by atoms with Crippen LogP contribution in [0, 0.1) is 23.5 Å². The maximum absolute atomic E-state index is 14.8. The van der Waals surface area contributed by atoms with Crippen molar-refractivity contribution in [2.75, 3.05) is 6.54 Å². The summed E-state index contributed by atoms with van der Waals surface area (Å²) in [6.07, 6.45) is 3.09. The first-order chi connectivity index (χ1) is 17.5. The minimum Gasteiger partial charge on any atom is -0.468 e. The molecule has 36 heavy (non-hydrogen) atoms. The average molecular weight is 508 g/mol. The molecule has 0 radical (unpaired) electrons. The molecular formula is C29H27F2NO3S. The third-order valence-corrected chi connectivity index (χ3v) is 8.48. The Balaban J connectivity index is 1.26. The van der Waals surface area contributed by atoms with Crippen LogP contribution in [-0.2, 0) is 22.6 Å². The van der Waals surface area contributed by atoms with Gasteiger partial charge in [-0.25, -0.2) is 8.78 Å². The van der Waals surface area contributed by atoms with Gasteiger partial charge in [0.05, 0.1) is 6.04 Å². The number of benzene rings is 2. The van der Waals surface area contributed by atoms with Gasteiger partial charge in [0.25, 0.3) is 0 Å². The predicted molar refractivity (Wildman–Crippen MR) is 133 cm³/mol. The molecule has 3 aromatic rings. The number of halogens is 2. The van der Waals surface area contributed by atoms with Crippen LogP contribution >= 0.6 is 11.3 Å². The Morgan fingerprint density at radius 1 is 0.889 bits per heavy atom. The van der Waals surface area contributed by atoms with Crippen LogP contribution in [0.15, 0.2) is 54.6 Å². The lowest BCUT2D eigenvalue weighted by atomic mass is 9.95. The van der Waals surface area contributed by atoms with Crippen molar-refractivity contribution in [1.29, 1.82) is 0 Å². The van der Waals surface area contributed by atoms with E-state index >= 15 is 0 Å². The van der Waals surface area contributed by atoms with Gasteiger partial charge in [-0.05, 0) is 55.9 Å². The van der Waals surface area contributed by atoms with Crippen LogP contribution in [0.3, 0.4) is 0 Å². The lowest BCUT2D eigenvalue weighted by Crippen LogP contribution is -2.38. The summed E-state index contributed by atoms with van der Waals surface area (Å²) in [5.74, 6) is -0.868. The van der Waals surface area contributed by atoms with Gasteiger partial charge in [-0.3, -0.25) is 14.5 Å². The number of carbonyl (C=O) groups is 2. The Kier molecular flexibility index (Phi) is 6.21. The molecule has 2 saturated carbocycles. The topological polar surface area (TPSA) is 46.6 Å². The third kappa shape index (κ3) is 4.62. The van der Waals surface area contributed by atoms with Gasteiger partial charge in [-0.15, -0.1) is 11.3 Å². The van der Waals surface area contributed by atoms with Gasteiger partial charge in [0.2, 0.25) is 0 Å². The van der Waals surface area contributed by atoms with Crippen LogP contribution < -0.4 is 4.74 Å². The van der Waals surface area contributed by atoms with Crippen LogP contribution in [0.5, 0.6) is 5.06 Å². The van der Waals surface area contributed by atoms with Crippen molar-refractivity contribution in [2.24, 2.45) is 11.8 Å². The van der Waals surface area contributed by atoms with E-state index in [0.717, 1.165) is 36.1 Å². The molecule has 0 amide bonds. The molecule has 2 aromatic carbocycles. The van der Waals surface area contributed by atoms with Crippen LogP contribution in [0.1, 0.15) is 59.4 Å². The SMILES string of the molecule is O=C(C1CC1)C(Oc1cc2c(s1)CCN(C(C(=O)C1CC1)c1ccccc1F)C2)c1ccccc1F. The maximum Gasteiger partial charge on any atom is 0.186 e. The summed E-state index contributed by atoms with van der Waals surface area (Å²) in [6, 6.07) is 14.1. The Morgan fingerprint density at radius 2 is 1.50 bits per heavy atom. The Morgan fingerprint density at radius 3 is 2.14 bits per heavy atom. The minimum absolute atomic E-state index is 0.00679. The van der Waals surface area contributed by atoms with Crippen molar-refractivity contribution in [3.8, 4) is 5.06 Å². The van der Waals surface area contributed by atoms with E-state index in [4.69, 9.17) is 4.74 Å². The highest BCUT2D eigenvalue weighted by Gasteiger charge is 2.41. The first kappa shape index (κ1) is 23.5. The smallest absolute Gasteiger partial charge is 0.186 e. The van der Waals surface area contributed by atoms with Crippen LogP contribution in [0.2, 0.25) is 0 Å². The lowest BCUT2D eigenvalue weighted by molar-refractivity contribution is -0.127. The number of nitrogens with zero attached hydrogens (tertiary/aromatic N) is 1. The van der Waals surface area contributed by atoms with Gasteiger partial charge >= 0.3 is 0 Å². The highest BCUT2D eigenvalue weighted by Crippen LogP contribution is 2.43. The highest BCUT2D eigenvalue weighted by molar-refractivity contribution is 7.14. The van der Waals surface area contributed by atoms with Crippen LogP contribution in [-0.4, -0.2) is 23.0 Å². The van der Waals surface area contributed by atoms with E-state index in [1.165, 1.54) is 23.5 Å². The summed E-state index contributed by atoms with van der Waals surface area (Å²) in [7, 11) is 0. The largest absolute Gasteiger partial charge is 0.468 e. The maximum atomic E-state index is 14.8. The van der Waals surface area contributed by atoms with Crippen molar-refractivity contribution >= 4 is 22.9 Å². The lowest BCUT2D eigenvalue weighted by Gasteiger charge is -2.34. The standard InChI is InChI=1S/C29H27F2NO3S/c30-22-7-3-1-5-20(22)26(27(33)17-9-10-17)32-14-13-24-19(16-32)15-25(36-24)35-29(28(34)18-11-12-18)21-6-2-4-8-23(21)31/h1-8,15,17-18,26,29H,9-14,16H2. The number of thiophene rings is 1. The quantitative estimate of drug-likeness (QED) is 0.346. The molecule has 2 heterocycles. The molecule has 2 atom stereocenters. The molecule has 1 aliphatic heterocycles. The summed E-state index contributed by atoms with van der Waals surface area (Å²) in [5.41, 5.74) is 1.70. The molecule has 4 nitrogen and oxygen atoms in total. The molecule has 2 fully saturated rings. The number of ketones is 2. The molecule has 0 N–H and O–H groups in total. The van der Waals surface area contributed by atoms with Crippen molar-refractivity contribution in [2.45, 2.75) is 50.8 Å². The molecule has 2 unspecified atom stereocenters. The molecular weight excluding hydrogens is 480 g/mol. The number of carbonyl (C=O) groups excluding carboxylic acids is 2. The minimum atomic E-state index is -0.975. The third-order valence-electron chi connectivity index (χ3n) is 7.35. The van der Waals surface area contributed by atoms with Gasteiger partial charge in [0, 0.05) is 40.9 Å². The fraction of sp³-hybridized carbons (Fsp3) is 0.379. The molecule has 6 rings (SSSR count). The molecule has 1 aromatic heterocycles. The van der Waals surface area contributed by atoms with Crippen molar-refractivity contribution in [3.63, 3.8) is 0 Å². The summed E-state index contributed by atoms with van der Waals surface area (Å²) < 4.78 is 35.5. The molecule has 3 aliphatic rings. The average Bonchev–Trinajstić information content (AvgIpc) is 3.80. The fourth-order valence-corrected chi connectivity index (χ4v) is 6.12. The molecule has 186 valence electrons. The van der Waals surface area contributed by atoms with Crippen molar-refractivity contribution < 1.29 is 23.1 Å². The van der Waals surface area contributed by atoms with Crippen molar-refractivity contribution in [1.82, 2.24) is 4.90 Å². The number of fused-ring (bicyclic) bond motifs is 1. The highest BCUT2D eigenvalue weighted by atomic mass is 32.1. The summed E-state index contributed by atoms with van der Waals surface area (Å²) >= 11 is 1.47. The summed E-state index contributed by atoms with van der Waals surface area (Å²) in [5, 5.41) is 0.570. The van der Waals surface area contributed by atoms with Gasteiger partial charge in [0.15, 0.2) is 22.7 Å². The van der Waals surface area contributed by atoms with E-state index in [9.17, 15) is 18.4 Å². The Bertz CT molecular complexity index is 1310. The van der Waals surface area contributed by atoms with Crippen molar-refractivity contribution in [3.05, 3.63) is 87.8 Å². The van der Waals surface area contributed by atoms with E-state index in [0.29, 0.717) is 30.1 Å². The summed E-state index contributed by atoms with van der Waals surface area (Å²) in [6.45, 7) is 1.12. The number of hydrogen-bond donors (Lipinski definition) is 0. The predicted octanol–water partition coefficient (Wildman–Crippen LogP) is 6.20. The first-order valence-electron chi connectivity index (χ1n) is 12.6. The summed E-state index contributed by atoms with van der Waals surface area (Å²) in [4.78, 5) is 29.4. The Labute approximate surface area is 212 Å². The number of rotatable bonds is 9. The van der Waals surface area contributed by atoms with Gasteiger partial charge in [-0.1, -0.05) is 36.4 Å². The monoisotopic (exact) mass is 507 g/mol. The van der Waals surface area contributed by atoms with Crippen LogP contribution in [0.4, 0.5) is 8.78 Å². The van der Waals surface area contributed by atoms with E-state index in [1.807, 2.05) is 6.07 Å². The number of hydrogen-bond acceptors (Lipinski definition) is 5. The van der Waals surface area contributed by atoms with E-state index in [-0.39, 0.29) is 34.8 Å². The number of ether oxygens (including phenoxy) is 1. The Hall–Kier alpha value is -2.90. The second-order valence-electron chi connectivity index (χ2n) is 10.0. The number of Topliss-reactive ketones (excluding diaryl/α,β-unsaturated/α-hetero) is 2. The van der Waals surface area contributed by atoms with Gasteiger partial charge in [-0.2, -0.15) is 0 Å². The van der Waals surface area contributed by atoms with E-state index < -0.39 is 18.0 Å². The first-order valence-corrected chi connectivity index (χ1v) is 13.4. The van der Waals surface area contributed by atoms with E-state index in [2.05, 4.69) is 4.90 Å². The molecule has 2 aliphatic carbocycles. The van der Waals surface area contributed by atoms with Gasteiger partial charge < -0.3 is 4.74 Å². The fourth-order valence-electron chi connectivity index (χ4n) is 5.08. The molecule has 0 spiro atoms. The second kappa shape index (κ2) is 9.52. The zero-order valence-corrected chi connectivity index (χ0v) is 20.6. The zero-order valence-electron chi connectivity index (χ0n) is 19.8. The van der Waals surface area contributed by atoms with E-state index in [1.54, 1.807) is 36.4 Å². The molecule has 7 heteroatoms. The second-order valence-corrected chi connectivity index (χ2v) is 11.1. The van der Waals surface area contributed by atoms with Gasteiger partial charge in [0.1, 0.15) is 11.6 Å². The van der Waals surface area contributed by atoms with Crippen LogP contribution in [0.25, 0.3) is 0 Å².